The maximum absolute atomic E-state index is 12.5. The summed E-state index contributed by atoms with van der Waals surface area (Å²) in [6.45, 7) is 7.42. The van der Waals surface area contributed by atoms with Crippen LogP contribution in [-0.4, -0.2) is 24.5 Å². The third kappa shape index (κ3) is 3.47. The van der Waals surface area contributed by atoms with Crippen LogP contribution in [0, 0.1) is 6.92 Å². The number of benzene rings is 2. The van der Waals surface area contributed by atoms with Crippen LogP contribution in [0.5, 0.6) is 0 Å². The standard InChI is InChI=1S/C19H23N3O/c1-14-8-4-5-9-15(14)20-18(23)12-22-13-19(2,3)21-16-10-6-7-11-17(16)22/h4-11,21H,12-13H2,1-3H3,(H,20,23). The maximum atomic E-state index is 12.5. The van der Waals surface area contributed by atoms with Gasteiger partial charge in [0.15, 0.2) is 0 Å². The number of rotatable bonds is 3. The van der Waals surface area contributed by atoms with Gasteiger partial charge in [-0.15, -0.1) is 0 Å². The lowest BCUT2D eigenvalue weighted by molar-refractivity contribution is -0.115. The Morgan fingerprint density at radius 3 is 2.65 bits per heavy atom. The molecule has 2 aromatic carbocycles. The van der Waals surface area contributed by atoms with E-state index in [-0.39, 0.29) is 11.4 Å². The summed E-state index contributed by atoms with van der Waals surface area (Å²) in [5, 5.41) is 6.54. The number of aryl methyl sites for hydroxylation is 1. The third-order valence-electron chi connectivity index (χ3n) is 4.06. The molecule has 2 N–H and O–H groups in total. The summed E-state index contributed by atoms with van der Waals surface area (Å²) in [7, 11) is 0. The molecule has 1 aliphatic heterocycles. The van der Waals surface area contributed by atoms with E-state index < -0.39 is 0 Å². The molecule has 0 fully saturated rings. The van der Waals surface area contributed by atoms with E-state index in [0.717, 1.165) is 29.2 Å². The molecule has 0 aliphatic carbocycles. The summed E-state index contributed by atoms with van der Waals surface area (Å²) in [6.07, 6.45) is 0. The number of amides is 1. The fourth-order valence-corrected chi connectivity index (χ4v) is 3.04. The predicted molar refractivity (Wildman–Crippen MR) is 96.2 cm³/mol. The lowest BCUT2D eigenvalue weighted by Gasteiger charge is -2.41. The van der Waals surface area contributed by atoms with E-state index in [2.05, 4.69) is 41.5 Å². The monoisotopic (exact) mass is 309 g/mol. The Bertz CT molecular complexity index is 724. The first-order valence-electron chi connectivity index (χ1n) is 7.92. The molecule has 0 spiro atoms. The van der Waals surface area contributed by atoms with E-state index in [1.54, 1.807) is 0 Å². The van der Waals surface area contributed by atoms with Gasteiger partial charge >= 0.3 is 0 Å². The topological polar surface area (TPSA) is 44.4 Å². The summed E-state index contributed by atoms with van der Waals surface area (Å²) >= 11 is 0. The van der Waals surface area contributed by atoms with Gasteiger partial charge in [0.1, 0.15) is 0 Å². The van der Waals surface area contributed by atoms with Gasteiger partial charge in [-0.3, -0.25) is 4.79 Å². The number of anilines is 3. The van der Waals surface area contributed by atoms with E-state index in [9.17, 15) is 4.79 Å². The van der Waals surface area contributed by atoms with Gasteiger partial charge in [-0.1, -0.05) is 30.3 Å². The van der Waals surface area contributed by atoms with Crippen LogP contribution in [0.1, 0.15) is 19.4 Å². The van der Waals surface area contributed by atoms with Crippen molar-refractivity contribution in [2.24, 2.45) is 0 Å². The fourth-order valence-electron chi connectivity index (χ4n) is 3.04. The summed E-state index contributed by atoms with van der Waals surface area (Å²) < 4.78 is 0. The molecule has 4 nitrogen and oxygen atoms in total. The number of para-hydroxylation sites is 3. The number of nitrogens with zero attached hydrogens (tertiary/aromatic N) is 1. The van der Waals surface area contributed by atoms with Crippen LogP contribution in [-0.2, 0) is 4.79 Å². The predicted octanol–water partition coefficient (Wildman–Crippen LogP) is 3.64. The van der Waals surface area contributed by atoms with Crippen molar-refractivity contribution in [2.45, 2.75) is 26.3 Å². The summed E-state index contributed by atoms with van der Waals surface area (Å²) in [5.74, 6) is 0.00630. The molecular weight excluding hydrogens is 286 g/mol. The second kappa shape index (κ2) is 5.95. The van der Waals surface area contributed by atoms with Crippen LogP contribution in [0.3, 0.4) is 0 Å². The summed E-state index contributed by atoms with van der Waals surface area (Å²) in [5.41, 5.74) is 4.03. The summed E-state index contributed by atoms with van der Waals surface area (Å²) in [4.78, 5) is 14.6. The van der Waals surface area contributed by atoms with E-state index in [1.807, 2.05) is 43.3 Å². The van der Waals surface area contributed by atoms with Gasteiger partial charge in [-0.05, 0) is 44.5 Å². The molecular formula is C19H23N3O. The first-order valence-corrected chi connectivity index (χ1v) is 7.92. The fraction of sp³-hybridized carbons (Fsp3) is 0.316. The first-order chi connectivity index (χ1) is 10.9. The van der Waals surface area contributed by atoms with Gasteiger partial charge in [0.2, 0.25) is 5.91 Å². The van der Waals surface area contributed by atoms with Crippen molar-refractivity contribution in [3.63, 3.8) is 0 Å². The Balaban J connectivity index is 1.77. The van der Waals surface area contributed by atoms with Gasteiger partial charge in [-0.2, -0.15) is 0 Å². The highest BCUT2D eigenvalue weighted by molar-refractivity contribution is 5.95. The van der Waals surface area contributed by atoms with Crippen molar-refractivity contribution in [1.82, 2.24) is 0 Å². The van der Waals surface area contributed by atoms with Crippen molar-refractivity contribution in [2.75, 3.05) is 28.6 Å². The van der Waals surface area contributed by atoms with Crippen LogP contribution in [0.2, 0.25) is 0 Å². The minimum absolute atomic E-state index is 0.00630. The Morgan fingerprint density at radius 2 is 1.87 bits per heavy atom. The van der Waals surface area contributed by atoms with Crippen LogP contribution in [0.25, 0.3) is 0 Å². The zero-order chi connectivity index (χ0) is 16.4. The highest BCUT2D eigenvalue weighted by Crippen LogP contribution is 2.33. The lowest BCUT2D eigenvalue weighted by Crippen LogP contribution is -2.50. The molecule has 23 heavy (non-hydrogen) atoms. The van der Waals surface area contributed by atoms with Crippen molar-refractivity contribution in [1.29, 1.82) is 0 Å². The van der Waals surface area contributed by atoms with Gasteiger partial charge < -0.3 is 15.5 Å². The lowest BCUT2D eigenvalue weighted by atomic mass is 9.99. The van der Waals surface area contributed by atoms with Gasteiger partial charge in [0.25, 0.3) is 0 Å². The van der Waals surface area contributed by atoms with Crippen LogP contribution < -0.4 is 15.5 Å². The Morgan fingerprint density at radius 1 is 1.17 bits per heavy atom. The number of hydrogen-bond acceptors (Lipinski definition) is 3. The van der Waals surface area contributed by atoms with Crippen LogP contribution >= 0.6 is 0 Å². The Labute approximate surface area is 137 Å². The SMILES string of the molecule is Cc1ccccc1NC(=O)CN1CC(C)(C)Nc2ccccc21. The molecule has 0 atom stereocenters. The molecule has 0 unspecified atom stereocenters. The zero-order valence-corrected chi connectivity index (χ0v) is 13.9. The molecule has 1 heterocycles. The number of fused-ring (bicyclic) bond motifs is 1. The molecule has 1 aliphatic rings. The largest absolute Gasteiger partial charge is 0.377 e. The molecule has 0 bridgehead atoms. The average molecular weight is 309 g/mol. The molecule has 2 aromatic rings. The number of carbonyl (C=O) groups excluding carboxylic acids is 1. The zero-order valence-electron chi connectivity index (χ0n) is 13.9. The molecule has 3 rings (SSSR count). The van der Waals surface area contributed by atoms with Gasteiger partial charge in [0, 0.05) is 17.8 Å². The quantitative estimate of drug-likeness (QED) is 0.910. The second-order valence-electron chi connectivity index (χ2n) is 6.75. The molecule has 1 amide bonds. The Hall–Kier alpha value is -2.49. The van der Waals surface area contributed by atoms with E-state index in [0.29, 0.717) is 6.54 Å². The van der Waals surface area contributed by atoms with E-state index >= 15 is 0 Å². The minimum Gasteiger partial charge on any atom is -0.377 e. The average Bonchev–Trinajstić information content (AvgIpc) is 2.48. The number of hydrogen-bond donors (Lipinski definition) is 2. The Kier molecular flexibility index (Phi) is 3.99. The number of nitrogens with one attached hydrogen (secondary N) is 2. The summed E-state index contributed by atoms with van der Waals surface area (Å²) in [6, 6.07) is 16.0. The van der Waals surface area contributed by atoms with Crippen molar-refractivity contribution in [3.05, 3.63) is 54.1 Å². The molecule has 0 radical (unpaired) electrons. The smallest absolute Gasteiger partial charge is 0.243 e. The molecule has 0 saturated heterocycles. The van der Waals surface area contributed by atoms with Crippen molar-refractivity contribution in [3.8, 4) is 0 Å². The third-order valence-corrected chi connectivity index (χ3v) is 4.06. The highest BCUT2D eigenvalue weighted by Gasteiger charge is 2.30. The molecule has 4 heteroatoms. The van der Waals surface area contributed by atoms with Gasteiger partial charge in [-0.25, -0.2) is 0 Å². The maximum Gasteiger partial charge on any atom is 0.243 e. The van der Waals surface area contributed by atoms with Gasteiger partial charge in [0.05, 0.1) is 17.9 Å². The van der Waals surface area contributed by atoms with Crippen molar-refractivity contribution < 1.29 is 4.79 Å². The van der Waals surface area contributed by atoms with E-state index in [4.69, 9.17) is 0 Å². The second-order valence-corrected chi connectivity index (χ2v) is 6.75. The highest BCUT2D eigenvalue weighted by atomic mass is 16.2. The van der Waals surface area contributed by atoms with Crippen LogP contribution in [0.15, 0.2) is 48.5 Å². The van der Waals surface area contributed by atoms with Crippen molar-refractivity contribution >= 4 is 23.0 Å². The molecule has 0 saturated carbocycles. The van der Waals surface area contributed by atoms with Crippen LogP contribution in [0.4, 0.5) is 17.1 Å². The minimum atomic E-state index is -0.0721. The molecule has 120 valence electrons. The first kappa shape index (κ1) is 15.4. The molecule has 0 aromatic heterocycles. The number of carbonyl (C=O) groups is 1. The van der Waals surface area contributed by atoms with E-state index in [1.165, 1.54) is 0 Å². The normalized spacial score (nSPS) is 15.5.